The first-order chi connectivity index (χ1) is 9.35. The van der Waals surface area contributed by atoms with Crippen molar-refractivity contribution in [3.05, 3.63) is 0 Å². The minimum absolute atomic E-state index is 0.800. The van der Waals surface area contributed by atoms with Crippen LogP contribution >= 0.6 is 0 Å². The maximum absolute atomic E-state index is 3.71. The highest BCUT2D eigenvalue weighted by atomic mass is 15.3. The first-order valence-corrected chi connectivity index (χ1v) is 8.55. The fourth-order valence-corrected chi connectivity index (χ4v) is 3.80. The molecule has 19 heavy (non-hydrogen) atoms. The van der Waals surface area contributed by atoms with Crippen LogP contribution in [0.4, 0.5) is 0 Å². The number of hydrogen-bond acceptors (Lipinski definition) is 3. The molecule has 3 heteroatoms. The molecule has 1 heterocycles. The summed E-state index contributed by atoms with van der Waals surface area (Å²) in [6.07, 6.45) is 8.46. The summed E-state index contributed by atoms with van der Waals surface area (Å²) in [6, 6.07) is 1.67. The van der Waals surface area contributed by atoms with Crippen molar-refractivity contribution in [2.45, 2.75) is 57.5 Å². The highest BCUT2D eigenvalue weighted by Crippen LogP contribution is 2.30. The lowest BCUT2D eigenvalue weighted by Gasteiger charge is -2.38. The Morgan fingerprint density at radius 1 is 1.00 bits per heavy atom. The number of hydrogen-bond donors (Lipinski definition) is 1. The van der Waals surface area contributed by atoms with Crippen LogP contribution in [0, 0.1) is 5.92 Å². The van der Waals surface area contributed by atoms with Gasteiger partial charge in [-0.2, -0.15) is 0 Å². The van der Waals surface area contributed by atoms with Crippen LogP contribution < -0.4 is 5.32 Å². The number of nitrogens with one attached hydrogen (secondary N) is 1. The van der Waals surface area contributed by atoms with E-state index in [1.54, 1.807) is 0 Å². The standard InChI is InChI=1S/C16H31N3/c1-2-7-17-15-5-6-16(12-15)19-10-8-18(9-11-19)13-14-3-4-14/h14-17H,2-13H2,1H3. The molecule has 3 fully saturated rings. The van der Waals surface area contributed by atoms with Crippen LogP contribution in [0.5, 0.6) is 0 Å². The Kier molecular flexibility index (Phi) is 4.78. The van der Waals surface area contributed by atoms with Gasteiger partial charge in [-0.05, 0) is 51.0 Å². The average Bonchev–Trinajstić information content (AvgIpc) is 3.13. The molecule has 0 aromatic heterocycles. The summed E-state index contributed by atoms with van der Waals surface area (Å²) >= 11 is 0. The number of rotatable bonds is 6. The minimum atomic E-state index is 0.800. The van der Waals surface area contributed by atoms with E-state index in [1.807, 2.05) is 0 Å². The zero-order valence-corrected chi connectivity index (χ0v) is 12.6. The third-order valence-corrected chi connectivity index (χ3v) is 5.22. The van der Waals surface area contributed by atoms with Crippen molar-refractivity contribution in [1.82, 2.24) is 15.1 Å². The van der Waals surface area contributed by atoms with Gasteiger partial charge in [0.05, 0.1) is 0 Å². The van der Waals surface area contributed by atoms with Gasteiger partial charge in [-0.1, -0.05) is 6.92 Å². The van der Waals surface area contributed by atoms with E-state index in [2.05, 4.69) is 22.0 Å². The van der Waals surface area contributed by atoms with Crippen LogP contribution in [0.3, 0.4) is 0 Å². The molecule has 1 saturated heterocycles. The van der Waals surface area contributed by atoms with Gasteiger partial charge in [0.2, 0.25) is 0 Å². The van der Waals surface area contributed by atoms with Crippen molar-refractivity contribution in [3.63, 3.8) is 0 Å². The second-order valence-electron chi connectivity index (χ2n) is 6.90. The molecule has 2 saturated carbocycles. The largest absolute Gasteiger partial charge is 0.314 e. The van der Waals surface area contributed by atoms with Gasteiger partial charge in [0.15, 0.2) is 0 Å². The van der Waals surface area contributed by atoms with Crippen LogP contribution in [0.25, 0.3) is 0 Å². The summed E-state index contributed by atoms with van der Waals surface area (Å²) in [5, 5.41) is 3.71. The summed E-state index contributed by atoms with van der Waals surface area (Å²) < 4.78 is 0. The Balaban J connectivity index is 1.36. The summed E-state index contributed by atoms with van der Waals surface area (Å²) in [5.41, 5.74) is 0. The monoisotopic (exact) mass is 265 g/mol. The smallest absolute Gasteiger partial charge is 0.0113 e. The van der Waals surface area contributed by atoms with Crippen molar-refractivity contribution in [1.29, 1.82) is 0 Å². The Labute approximate surface area is 118 Å². The second-order valence-corrected chi connectivity index (χ2v) is 6.90. The van der Waals surface area contributed by atoms with Gasteiger partial charge < -0.3 is 10.2 Å². The molecule has 0 aromatic carbocycles. The van der Waals surface area contributed by atoms with E-state index < -0.39 is 0 Å². The molecule has 3 nitrogen and oxygen atoms in total. The van der Waals surface area contributed by atoms with Gasteiger partial charge in [0, 0.05) is 44.8 Å². The van der Waals surface area contributed by atoms with Gasteiger partial charge in [-0.3, -0.25) is 4.90 Å². The minimum Gasteiger partial charge on any atom is -0.314 e. The van der Waals surface area contributed by atoms with Crippen LogP contribution in [-0.4, -0.2) is 61.2 Å². The first-order valence-electron chi connectivity index (χ1n) is 8.55. The van der Waals surface area contributed by atoms with Gasteiger partial charge in [-0.25, -0.2) is 0 Å². The Hall–Kier alpha value is -0.120. The molecule has 2 unspecified atom stereocenters. The maximum Gasteiger partial charge on any atom is 0.0113 e. The molecular weight excluding hydrogens is 234 g/mol. The summed E-state index contributed by atoms with van der Waals surface area (Å²) in [6.45, 7) is 10.1. The SMILES string of the molecule is CCCNC1CCC(N2CCN(CC3CC3)CC2)C1. The number of nitrogens with zero attached hydrogens (tertiary/aromatic N) is 2. The fraction of sp³-hybridized carbons (Fsp3) is 1.00. The van der Waals surface area contributed by atoms with E-state index in [4.69, 9.17) is 0 Å². The fourth-order valence-electron chi connectivity index (χ4n) is 3.80. The maximum atomic E-state index is 3.71. The van der Waals surface area contributed by atoms with Crippen molar-refractivity contribution in [3.8, 4) is 0 Å². The van der Waals surface area contributed by atoms with Crippen LogP contribution in [0.1, 0.15) is 45.4 Å². The van der Waals surface area contributed by atoms with E-state index in [-0.39, 0.29) is 0 Å². The molecule has 0 bridgehead atoms. The predicted octanol–water partition coefficient (Wildman–Crippen LogP) is 1.93. The van der Waals surface area contributed by atoms with Crippen molar-refractivity contribution >= 4 is 0 Å². The molecule has 0 spiro atoms. The summed E-state index contributed by atoms with van der Waals surface area (Å²) in [4.78, 5) is 5.48. The van der Waals surface area contributed by atoms with Crippen LogP contribution in [-0.2, 0) is 0 Å². The van der Waals surface area contributed by atoms with E-state index in [0.717, 1.165) is 18.0 Å². The molecule has 3 rings (SSSR count). The van der Waals surface area contributed by atoms with Crippen LogP contribution in [0.2, 0.25) is 0 Å². The molecule has 1 N–H and O–H groups in total. The third-order valence-electron chi connectivity index (χ3n) is 5.22. The molecule has 1 aliphatic heterocycles. The topological polar surface area (TPSA) is 18.5 Å². The van der Waals surface area contributed by atoms with E-state index in [9.17, 15) is 0 Å². The highest BCUT2D eigenvalue weighted by Gasteiger charge is 2.32. The number of piperazine rings is 1. The van der Waals surface area contributed by atoms with E-state index in [1.165, 1.54) is 77.8 Å². The zero-order valence-electron chi connectivity index (χ0n) is 12.6. The molecular formula is C16H31N3. The summed E-state index contributed by atoms with van der Waals surface area (Å²) in [5.74, 6) is 1.06. The first kappa shape index (κ1) is 13.8. The molecule has 2 atom stereocenters. The molecule has 3 aliphatic rings. The molecule has 0 aromatic rings. The van der Waals surface area contributed by atoms with Gasteiger partial charge in [0.1, 0.15) is 0 Å². The van der Waals surface area contributed by atoms with Gasteiger partial charge in [0.25, 0.3) is 0 Å². The molecule has 0 amide bonds. The Morgan fingerprint density at radius 2 is 1.79 bits per heavy atom. The zero-order chi connectivity index (χ0) is 13.1. The molecule has 2 aliphatic carbocycles. The van der Waals surface area contributed by atoms with Crippen molar-refractivity contribution < 1.29 is 0 Å². The molecule has 110 valence electrons. The predicted molar refractivity (Wildman–Crippen MR) is 80.5 cm³/mol. The lowest BCUT2D eigenvalue weighted by molar-refractivity contribution is 0.0941. The quantitative estimate of drug-likeness (QED) is 0.792. The Morgan fingerprint density at radius 3 is 2.47 bits per heavy atom. The average molecular weight is 265 g/mol. The van der Waals surface area contributed by atoms with Gasteiger partial charge in [-0.15, -0.1) is 0 Å². The van der Waals surface area contributed by atoms with E-state index in [0.29, 0.717) is 0 Å². The Bertz CT molecular complexity index is 269. The van der Waals surface area contributed by atoms with Gasteiger partial charge >= 0.3 is 0 Å². The molecule has 0 radical (unpaired) electrons. The van der Waals surface area contributed by atoms with Crippen molar-refractivity contribution in [2.75, 3.05) is 39.3 Å². The highest BCUT2D eigenvalue weighted by molar-refractivity contribution is 4.89. The third kappa shape index (κ3) is 3.93. The normalized spacial score (nSPS) is 33.9. The second kappa shape index (κ2) is 6.55. The van der Waals surface area contributed by atoms with Crippen molar-refractivity contribution in [2.24, 2.45) is 5.92 Å². The summed E-state index contributed by atoms with van der Waals surface area (Å²) in [7, 11) is 0. The lowest BCUT2D eigenvalue weighted by Crippen LogP contribution is -2.50. The lowest BCUT2D eigenvalue weighted by atomic mass is 10.1. The van der Waals surface area contributed by atoms with Crippen LogP contribution in [0.15, 0.2) is 0 Å². The van der Waals surface area contributed by atoms with E-state index >= 15 is 0 Å².